The van der Waals surface area contributed by atoms with Crippen LogP contribution in [0.25, 0.3) is 0 Å². The standard InChI is InChI=1S/C27H44O2/c1-2-3-4-5-6-7-8-9-10-11-12-13-14-15-16-17-18-25-19-21-26(22-20-25)28-23-27-24-29-27/h2,19-22,27H,1,3-18,23-24H2. The summed E-state index contributed by atoms with van der Waals surface area (Å²) < 4.78 is 10.9. The fourth-order valence-corrected chi connectivity index (χ4v) is 3.84. The molecule has 1 aliphatic rings. The van der Waals surface area contributed by atoms with Crippen molar-refractivity contribution >= 4 is 0 Å². The third kappa shape index (κ3) is 13.5. The van der Waals surface area contributed by atoms with Gasteiger partial charge in [0.2, 0.25) is 0 Å². The van der Waals surface area contributed by atoms with Gasteiger partial charge in [-0.1, -0.05) is 95.3 Å². The molecule has 1 aromatic rings. The van der Waals surface area contributed by atoms with Gasteiger partial charge in [-0.3, -0.25) is 0 Å². The summed E-state index contributed by atoms with van der Waals surface area (Å²) in [6.07, 6.45) is 24.5. The predicted octanol–water partition coefficient (Wildman–Crippen LogP) is 8.04. The second kappa shape index (κ2) is 16.5. The first kappa shape index (κ1) is 24.0. The highest BCUT2D eigenvalue weighted by atomic mass is 16.6. The molecular formula is C27H44O2. The summed E-state index contributed by atoms with van der Waals surface area (Å²) in [7, 11) is 0. The summed E-state index contributed by atoms with van der Waals surface area (Å²) >= 11 is 0. The maximum atomic E-state index is 5.69. The van der Waals surface area contributed by atoms with E-state index in [2.05, 4.69) is 30.8 Å². The van der Waals surface area contributed by atoms with Gasteiger partial charge >= 0.3 is 0 Å². The van der Waals surface area contributed by atoms with Crippen molar-refractivity contribution in [2.75, 3.05) is 13.2 Å². The molecule has 1 atom stereocenters. The Kier molecular flexibility index (Phi) is 13.7. The second-order valence-corrected chi connectivity index (χ2v) is 8.69. The van der Waals surface area contributed by atoms with Crippen LogP contribution < -0.4 is 4.74 Å². The van der Waals surface area contributed by atoms with Gasteiger partial charge < -0.3 is 9.47 Å². The van der Waals surface area contributed by atoms with E-state index in [4.69, 9.17) is 9.47 Å². The molecule has 1 heterocycles. The van der Waals surface area contributed by atoms with Crippen LogP contribution in [0.15, 0.2) is 36.9 Å². The smallest absolute Gasteiger partial charge is 0.119 e. The third-order valence-electron chi connectivity index (χ3n) is 5.89. The molecule has 1 fully saturated rings. The van der Waals surface area contributed by atoms with Crippen LogP contribution in [-0.2, 0) is 11.2 Å². The molecule has 0 amide bonds. The van der Waals surface area contributed by atoms with Crippen LogP contribution in [0.3, 0.4) is 0 Å². The zero-order chi connectivity index (χ0) is 20.4. The summed E-state index contributed by atoms with van der Waals surface area (Å²) in [5, 5.41) is 0. The molecule has 0 aliphatic carbocycles. The summed E-state index contributed by atoms with van der Waals surface area (Å²) in [5.74, 6) is 0.966. The fourth-order valence-electron chi connectivity index (χ4n) is 3.84. The molecule has 0 spiro atoms. The normalized spacial score (nSPS) is 15.4. The lowest BCUT2D eigenvalue weighted by molar-refractivity contribution is 0.263. The number of epoxide rings is 1. The first-order valence-electron chi connectivity index (χ1n) is 12.3. The second-order valence-electron chi connectivity index (χ2n) is 8.69. The van der Waals surface area contributed by atoms with Crippen molar-refractivity contribution in [1.82, 2.24) is 0 Å². The number of hydrogen-bond acceptors (Lipinski definition) is 2. The molecule has 2 nitrogen and oxygen atoms in total. The van der Waals surface area contributed by atoms with Gasteiger partial charge in [0.1, 0.15) is 18.5 Å². The Bertz CT molecular complexity index is 504. The first-order valence-corrected chi connectivity index (χ1v) is 12.3. The van der Waals surface area contributed by atoms with Crippen LogP contribution in [0.2, 0.25) is 0 Å². The quantitative estimate of drug-likeness (QED) is 0.125. The zero-order valence-corrected chi connectivity index (χ0v) is 18.7. The molecule has 1 saturated heterocycles. The lowest BCUT2D eigenvalue weighted by Gasteiger charge is -2.06. The monoisotopic (exact) mass is 400 g/mol. The zero-order valence-electron chi connectivity index (χ0n) is 18.7. The topological polar surface area (TPSA) is 21.8 Å². The first-order chi connectivity index (χ1) is 14.4. The average molecular weight is 401 g/mol. The van der Waals surface area contributed by atoms with Crippen LogP contribution in [0, 0.1) is 0 Å². The largest absolute Gasteiger partial charge is 0.491 e. The van der Waals surface area contributed by atoms with Crippen LogP contribution in [0.5, 0.6) is 5.75 Å². The molecule has 0 saturated carbocycles. The maximum Gasteiger partial charge on any atom is 0.119 e. The van der Waals surface area contributed by atoms with E-state index in [-0.39, 0.29) is 0 Å². The van der Waals surface area contributed by atoms with Crippen molar-refractivity contribution in [3.05, 3.63) is 42.5 Å². The summed E-state index contributed by atoms with van der Waals surface area (Å²) in [6, 6.07) is 8.62. The van der Waals surface area contributed by atoms with Gasteiger partial charge in [-0.25, -0.2) is 0 Å². The number of aryl methyl sites for hydroxylation is 1. The number of hydrogen-bond donors (Lipinski definition) is 0. The van der Waals surface area contributed by atoms with Crippen molar-refractivity contribution in [2.24, 2.45) is 0 Å². The molecule has 0 aromatic heterocycles. The number of allylic oxidation sites excluding steroid dienone is 1. The minimum atomic E-state index is 0.331. The highest BCUT2D eigenvalue weighted by Gasteiger charge is 2.22. The molecule has 29 heavy (non-hydrogen) atoms. The van der Waals surface area contributed by atoms with Crippen LogP contribution >= 0.6 is 0 Å². The number of benzene rings is 1. The van der Waals surface area contributed by atoms with Gasteiger partial charge in [-0.05, 0) is 43.4 Å². The molecular weight excluding hydrogens is 356 g/mol. The van der Waals surface area contributed by atoms with Gasteiger partial charge in [0.15, 0.2) is 0 Å². The van der Waals surface area contributed by atoms with Crippen molar-refractivity contribution in [2.45, 2.75) is 109 Å². The fraction of sp³-hybridized carbons (Fsp3) is 0.704. The van der Waals surface area contributed by atoms with Gasteiger partial charge in [-0.15, -0.1) is 6.58 Å². The highest BCUT2D eigenvalue weighted by molar-refractivity contribution is 5.27. The molecule has 2 rings (SSSR count). The van der Waals surface area contributed by atoms with Crippen LogP contribution in [-0.4, -0.2) is 19.3 Å². The van der Waals surface area contributed by atoms with Gasteiger partial charge in [0.25, 0.3) is 0 Å². The Labute approximate surface area is 180 Å². The van der Waals surface area contributed by atoms with Crippen LogP contribution in [0.1, 0.15) is 102 Å². The van der Waals surface area contributed by atoms with Crippen molar-refractivity contribution < 1.29 is 9.47 Å². The van der Waals surface area contributed by atoms with E-state index in [1.165, 1.54) is 108 Å². The summed E-state index contributed by atoms with van der Waals surface area (Å²) in [6.45, 7) is 5.33. The summed E-state index contributed by atoms with van der Waals surface area (Å²) in [5.41, 5.74) is 1.43. The average Bonchev–Trinajstić information content (AvgIpc) is 3.57. The maximum absolute atomic E-state index is 5.69. The Balaban J connectivity index is 1.30. The number of ether oxygens (including phenoxy) is 2. The van der Waals surface area contributed by atoms with E-state index in [0.717, 1.165) is 12.4 Å². The molecule has 0 radical (unpaired) electrons. The van der Waals surface area contributed by atoms with E-state index in [9.17, 15) is 0 Å². The number of rotatable bonds is 20. The molecule has 164 valence electrons. The van der Waals surface area contributed by atoms with Crippen molar-refractivity contribution in [3.8, 4) is 5.75 Å². The highest BCUT2D eigenvalue weighted by Crippen LogP contribution is 2.18. The van der Waals surface area contributed by atoms with Gasteiger partial charge in [-0.2, -0.15) is 0 Å². The molecule has 0 N–H and O–H groups in total. The minimum Gasteiger partial charge on any atom is -0.491 e. The van der Waals surface area contributed by atoms with Crippen LogP contribution in [0.4, 0.5) is 0 Å². The lowest BCUT2D eigenvalue weighted by atomic mass is 10.0. The SMILES string of the molecule is C=CCCCCCCCCCCCCCCCCc1ccc(OCC2CO2)cc1. The Morgan fingerprint density at radius 1 is 0.759 bits per heavy atom. The lowest BCUT2D eigenvalue weighted by Crippen LogP contribution is -2.03. The third-order valence-corrected chi connectivity index (χ3v) is 5.89. The van der Waals surface area contributed by atoms with Crippen molar-refractivity contribution in [1.29, 1.82) is 0 Å². The van der Waals surface area contributed by atoms with Crippen molar-refractivity contribution in [3.63, 3.8) is 0 Å². The Morgan fingerprint density at radius 2 is 1.24 bits per heavy atom. The molecule has 1 aliphatic heterocycles. The van der Waals surface area contributed by atoms with Gasteiger partial charge in [0, 0.05) is 0 Å². The molecule has 1 aromatic carbocycles. The summed E-state index contributed by atoms with van der Waals surface area (Å²) in [4.78, 5) is 0. The van der Waals surface area contributed by atoms with E-state index in [0.29, 0.717) is 12.7 Å². The number of unbranched alkanes of at least 4 members (excludes halogenated alkanes) is 14. The van der Waals surface area contributed by atoms with E-state index >= 15 is 0 Å². The Morgan fingerprint density at radius 3 is 1.72 bits per heavy atom. The molecule has 0 bridgehead atoms. The van der Waals surface area contributed by atoms with E-state index in [1.54, 1.807) is 0 Å². The minimum absolute atomic E-state index is 0.331. The molecule has 1 unspecified atom stereocenters. The molecule has 2 heteroatoms. The van der Waals surface area contributed by atoms with Gasteiger partial charge in [0.05, 0.1) is 6.61 Å². The predicted molar refractivity (Wildman–Crippen MR) is 125 cm³/mol. The Hall–Kier alpha value is -1.28. The van der Waals surface area contributed by atoms with E-state index in [1.807, 2.05) is 6.08 Å². The van der Waals surface area contributed by atoms with E-state index < -0.39 is 0 Å².